The normalized spacial score (nSPS) is 10.6. The molecular formula is C10H15ClN2OS. The van der Waals surface area contributed by atoms with E-state index in [1.54, 1.807) is 4.57 Å². The predicted molar refractivity (Wildman–Crippen MR) is 65.9 cm³/mol. The van der Waals surface area contributed by atoms with Gasteiger partial charge in [-0.05, 0) is 5.75 Å². The molecule has 3 nitrogen and oxygen atoms in total. The molecule has 0 saturated heterocycles. The zero-order valence-electron chi connectivity index (χ0n) is 8.99. The molecule has 0 N–H and O–H groups in total. The summed E-state index contributed by atoms with van der Waals surface area (Å²) in [4.78, 5) is 15.8. The summed E-state index contributed by atoms with van der Waals surface area (Å²) in [6.45, 7) is 4.79. The Morgan fingerprint density at radius 1 is 1.53 bits per heavy atom. The van der Waals surface area contributed by atoms with Gasteiger partial charge in [0.2, 0.25) is 0 Å². The Kier molecular flexibility index (Phi) is 5.19. The molecule has 0 radical (unpaired) electrons. The van der Waals surface area contributed by atoms with Crippen molar-refractivity contribution in [3.05, 3.63) is 27.4 Å². The van der Waals surface area contributed by atoms with E-state index >= 15 is 0 Å². The molecule has 5 heteroatoms. The number of rotatable bonds is 5. The molecule has 0 aliphatic rings. The van der Waals surface area contributed by atoms with E-state index in [0.29, 0.717) is 6.54 Å². The van der Waals surface area contributed by atoms with Crippen molar-refractivity contribution >= 4 is 23.4 Å². The lowest BCUT2D eigenvalue weighted by Gasteiger charge is -2.09. The van der Waals surface area contributed by atoms with E-state index in [9.17, 15) is 4.79 Å². The molecule has 0 unspecified atom stereocenters. The topological polar surface area (TPSA) is 34.9 Å². The molecule has 1 aromatic heterocycles. The van der Waals surface area contributed by atoms with Gasteiger partial charge in [0, 0.05) is 24.8 Å². The highest BCUT2D eigenvalue weighted by atomic mass is 35.5. The molecule has 15 heavy (non-hydrogen) atoms. The second kappa shape index (κ2) is 6.18. The smallest absolute Gasteiger partial charge is 0.255 e. The van der Waals surface area contributed by atoms with Crippen molar-refractivity contribution in [2.24, 2.45) is 0 Å². The maximum absolute atomic E-state index is 11.6. The number of hydrogen-bond donors (Lipinski definition) is 0. The lowest BCUT2D eigenvalue weighted by molar-refractivity contribution is 0.658. The zero-order valence-corrected chi connectivity index (χ0v) is 10.6. The molecular weight excluding hydrogens is 232 g/mol. The van der Waals surface area contributed by atoms with Crippen molar-refractivity contribution in [2.75, 3.05) is 11.5 Å². The summed E-state index contributed by atoms with van der Waals surface area (Å²) in [5.74, 6) is 2.77. The van der Waals surface area contributed by atoms with Crippen LogP contribution >= 0.6 is 23.4 Å². The minimum atomic E-state index is -0.0523. The molecule has 0 spiro atoms. The van der Waals surface area contributed by atoms with Crippen LogP contribution in [0.1, 0.15) is 19.7 Å². The highest BCUT2D eigenvalue weighted by Gasteiger charge is 2.05. The van der Waals surface area contributed by atoms with Crippen LogP contribution in [0, 0.1) is 0 Å². The first-order valence-corrected chi connectivity index (χ1v) is 6.56. The summed E-state index contributed by atoms with van der Waals surface area (Å²) in [6.07, 6.45) is 0.729. The quantitative estimate of drug-likeness (QED) is 0.590. The number of hydrogen-bond acceptors (Lipinski definition) is 3. The highest BCUT2D eigenvalue weighted by molar-refractivity contribution is 7.99. The fourth-order valence-corrected chi connectivity index (χ4v) is 2.12. The number of nitrogens with zero attached hydrogens (tertiary/aromatic N) is 2. The molecule has 1 aromatic rings. The van der Waals surface area contributed by atoms with E-state index in [-0.39, 0.29) is 10.7 Å². The van der Waals surface area contributed by atoms with Gasteiger partial charge in [0.15, 0.2) is 0 Å². The van der Waals surface area contributed by atoms with Gasteiger partial charge in [-0.15, -0.1) is 0 Å². The third kappa shape index (κ3) is 3.54. The molecule has 0 aliphatic heterocycles. The largest absolute Gasteiger partial charge is 0.296 e. The van der Waals surface area contributed by atoms with Crippen molar-refractivity contribution in [1.82, 2.24) is 9.55 Å². The first-order chi connectivity index (χ1) is 7.19. The predicted octanol–water partition coefficient (Wildman–Crippen LogP) is 2.21. The summed E-state index contributed by atoms with van der Waals surface area (Å²) in [5, 5.41) is 0.288. The third-order valence-electron chi connectivity index (χ3n) is 2.04. The van der Waals surface area contributed by atoms with Crippen molar-refractivity contribution in [2.45, 2.75) is 26.8 Å². The van der Waals surface area contributed by atoms with E-state index in [1.807, 2.05) is 18.7 Å². The summed E-state index contributed by atoms with van der Waals surface area (Å²) in [6, 6.07) is 1.37. The minimum absolute atomic E-state index is 0.0523. The number of aryl methyl sites for hydroxylation is 1. The first-order valence-electron chi connectivity index (χ1n) is 5.03. The fourth-order valence-electron chi connectivity index (χ4n) is 1.33. The van der Waals surface area contributed by atoms with E-state index < -0.39 is 0 Å². The molecule has 0 amide bonds. The van der Waals surface area contributed by atoms with Gasteiger partial charge in [0.25, 0.3) is 5.56 Å². The average Bonchev–Trinajstić information content (AvgIpc) is 2.20. The van der Waals surface area contributed by atoms with Crippen LogP contribution in [0.4, 0.5) is 0 Å². The minimum Gasteiger partial charge on any atom is -0.296 e. The summed E-state index contributed by atoms with van der Waals surface area (Å²) < 4.78 is 1.70. The van der Waals surface area contributed by atoms with E-state index in [1.165, 1.54) is 6.07 Å². The van der Waals surface area contributed by atoms with Crippen molar-refractivity contribution in [3.63, 3.8) is 0 Å². The van der Waals surface area contributed by atoms with E-state index in [2.05, 4.69) is 11.9 Å². The second-order valence-electron chi connectivity index (χ2n) is 3.04. The van der Waals surface area contributed by atoms with Crippen LogP contribution in [0.25, 0.3) is 0 Å². The lowest BCUT2D eigenvalue weighted by atomic mass is 10.4. The van der Waals surface area contributed by atoms with Crippen LogP contribution in [-0.2, 0) is 13.0 Å². The summed E-state index contributed by atoms with van der Waals surface area (Å²) >= 11 is 7.55. The molecule has 0 aromatic carbocycles. The van der Waals surface area contributed by atoms with Crippen molar-refractivity contribution in [1.29, 1.82) is 0 Å². The first kappa shape index (κ1) is 12.6. The van der Waals surface area contributed by atoms with Crippen LogP contribution in [0.5, 0.6) is 0 Å². The van der Waals surface area contributed by atoms with Crippen LogP contribution in [0.3, 0.4) is 0 Å². The van der Waals surface area contributed by atoms with Crippen LogP contribution in [0.15, 0.2) is 10.9 Å². The summed E-state index contributed by atoms with van der Waals surface area (Å²) in [7, 11) is 0. The molecule has 0 atom stereocenters. The average molecular weight is 247 g/mol. The highest BCUT2D eigenvalue weighted by Crippen LogP contribution is 2.05. The maximum Gasteiger partial charge on any atom is 0.255 e. The third-order valence-corrected chi connectivity index (χ3v) is 3.11. The molecule has 84 valence electrons. The maximum atomic E-state index is 11.6. The Morgan fingerprint density at radius 3 is 2.87 bits per heavy atom. The van der Waals surface area contributed by atoms with Gasteiger partial charge in [0.05, 0.1) is 0 Å². The van der Waals surface area contributed by atoms with Gasteiger partial charge >= 0.3 is 0 Å². The van der Waals surface area contributed by atoms with Gasteiger partial charge < -0.3 is 0 Å². The lowest BCUT2D eigenvalue weighted by Crippen LogP contribution is -2.25. The molecule has 1 rings (SSSR count). The van der Waals surface area contributed by atoms with E-state index in [4.69, 9.17) is 11.6 Å². The Hall–Kier alpha value is -0.480. The molecule has 0 bridgehead atoms. The van der Waals surface area contributed by atoms with E-state index in [0.717, 1.165) is 23.8 Å². The molecule has 0 saturated carbocycles. The zero-order chi connectivity index (χ0) is 11.3. The molecule has 0 fully saturated rings. The number of halogens is 1. The van der Waals surface area contributed by atoms with Crippen LogP contribution < -0.4 is 5.56 Å². The van der Waals surface area contributed by atoms with Gasteiger partial charge in [-0.1, -0.05) is 25.4 Å². The van der Waals surface area contributed by atoms with Crippen LogP contribution in [0.2, 0.25) is 5.15 Å². The number of thioether (sulfide) groups is 1. The Balaban J connectivity index is 2.89. The second-order valence-corrected chi connectivity index (χ2v) is 4.82. The van der Waals surface area contributed by atoms with Gasteiger partial charge in [0.1, 0.15) is 11.0 Å². The summed E-state index contributed by atoms with van der Waals surface area (Å²) in [5.41, 5.74) is -0.0523. The standard InChI is InChI=1S/C10H15ClN2OS/c1-3-9-12-8(11)7-10(14)13(9)5-6-15-4-2/h7H,3-6H2,1-2H3. The Morgan fingerprint density at radius 2 is 2.27 bits per heavy atom. The number of aromatic nitrogens is 2. The van der Waals surface area contributed by atoms with Crippen LogP contribution in [-0.4, -0.2) is 21.1 Å². The Labute approximate surface area is 98.9 Å². The molecule has 0 aliphatic carbocycles. The molecule has 1 heterocycles. The van der Waals surface area contributed by atoms with Gasteiger partial charge in [-0.25, -0.2) is 4.98 Å². The van der Waals surface area contributed by atoms with Crippen molar-refractivity contribution in [3.8, 4) is 0 Å². The Bertz CT molecular complexity index is 378. The fraction of sp³-hybridized carbons (Fsp3) is 0.600. The van der Waals surface area contributed by atoms with Gasteiger partial charge in [-0.3, -0.25) is 9.36 Å². The monoisotopic (exact) mass is 246 g/mol. The van der Waals surface area contributed by atoms with Gasteiger partial charge in [-0.2, -0.15) is 11.8 Å². The van der Waals surface area contributed by atoms with Crippen molar-refractivity contribution < 1.29 is 0 Å². The SMILES string of the molecule is CCSCCn1c(CC)nc(Cl)cc1=O.